The van der Waals surface area contributed by atoms with E-state index in [-0.39, 0.29) is 5.75 Å². The van der Waals surface area contributed by atoms with E-state index in [2.05, 4.69) is 5.92 Å². The minimum atomic E-state index is -1.02. The maximum atomic E-state index is 12.9. The number of terminal acetylenes is 1. The summed E-state index contributed by atoms with van der Waals surface area (Å²) < 4.78 is 17.6. The highest BCUT2D eigenvalue weighted by atomic mass is 19.1. The Hall–Kier alpha value is -1.53. The number of hydrogen-bond donors (Lipinski definition) is 1. The van der Waals surface area contributed by atoms with Crippen molar-refractivity contribution in [1.29, 1.82) is 0 Å². The maximum Gasteiger partial charge on any atom is 0.165 e. The van der Waals surface area contributed by atoms with Gasteiger partial charge < -0.3 is 9.84 Å². The lowest BCUT2D eigenvalue weighted by molar-refractivity contribution is 0.237. The van der Waals surface area contributed by atoms with E-state index in [1.165, 1.54) is 25.3 Å². The molecule has 68 valence electrons. The van der Waals surface area contributed by atoms with Gasteiger partial charge in [0.15, 0.2) is 11.6 Å². The van der Waals surface area contributed by atoms with E-state index >= 15 is 0 Å². The first-order chi connectivity index (χ1) is 6.19. The number of rotatable bonds is 2. The minimum Gasteiger partial charge on any atom is -0.494 e. The normalized spacial score (nSPS) is 11.8. The highest BCUT2D eigenvalue weighted by Gasteiger charge is 2.07. The number of hydrogen-bond acceptors (Lipinski definition) is 2. The van der Waals surface area contributed by atoms with E-state index in [0.717, 1.165) is 0 Å². The molecule has 1 aromatic carbocycles. The van der Waals surface area contributed by atoms with E-state index in [0.29, 0.717) is 5.56 Å². The van der Waals surface area contributed by atoms with Crippen LogP contribution in [0.3, 0.4) is 0 Å². The molecule has 0 fully saturated rings. The van der Waals surface area contributed by atoms with Crippen LogP contribution >= 0.6 is 0 Å². The van der Waals surface area contributed by atoms with Crippen LogP contribution in [0.2, 0.25) is 0 Å². The highest BCUT2D eigenvalue weighted by molar-refractivity contribution is 5.33. The molecule has 0 spiro atoms. The van der Waals surface area contributed by atoms with E-state index in [9.17, 15) is 9.50 Å². The molecule has 1 aromatic rings. The number of aliphatic hydroxyl groups excluding tert-OH is 1. The minimum absolute atomic E-state index is 0.0757. The molecule has 0 radical (unpaired) electrons. The third-order valence-corrected chi connectivity index (χ3v) is 1.65. The zero-order chi connectivity index (χ0) is 9.84. The average molecular weight is 180 g/mol. The van der Waals surface area contributed by atoms with Crippen molar-refractivity contribution in [2.75, 3.05) is 7.11 Å². The van der Waals surface area contributed by atoms with Gasteiger partial charge in [-0.05, 0) is 17.7 Å². The molecule has 0 saturated heterocycles. The first-order valence-corrected chi connectivity index (χ1v) is 3.66. The molecule has 1 N–H and O–H groups in total. The number of ether oxygens (including phenoxy) is 1. The summed E-state index contributed by atoms with van der Waals surface area (Å²) in [5, 5.41) is 9.23. The van der Waals surface area contributed by atoms with Crippen LogP contribution in [0, 0.1) is 18.2 Å². The smallest absolute Gasteiger partial charge is 0.165 e. The molecule has 0 aliphatic rings. The molecule has 3 heteroatoms. The van der Waals surface area contributed by atoms with Crippen LogP contribution in [-0.2, 0) is 0 Å². The van der Waals surface area contributed by atoms with E-state index in [4.69, 9.17) is 11.2 Å². The largest absolute Gasteiger partial charge is 0.494 e. The summed E-state index contributed by atoms with van der Waals surface area (Å²) in [4.78, 5) is 0. The topological polar surface area (TPSA) is 29.5 Å². The summed E-state index contributed by atoms with van der Waals surface area (Å²) in [7, 11) is 1.35. The van der Waals surface area contributed by atoms with Crippen LogP contribution in [0.1, 0.15) is 11.7 Å². The van der Waals surface area contributed by atoms with Crippen molar-refractivity contribution in [3.05, 3.63) is 29.6 Å². The van der Waals surface area contributed by atoms with Crippen molar-refractivity contribution in [3.8, 4) is 18.1 Å². The molecule has 1 unspecified atom stereocenters. The van der Waals surface area contributed by atoms with Gasteiger partial charge in [0.1, 0.15) is 6.10 Å². The van der Waals surface area contributed by atoms with Gasteiger partial charge in [-0.15, -0.1) is 6.42 Å². The highest BCUT2D eigenvalue weighted by Crippen LogP contribution is 2.21. The second kappa shape index (κ2) is 3.92. The standard InChI is InChI=1S/C10H9FO2/c1-3-9(12)7-4-5-8(11)10(6-7)13-2/h1,4-6,9,12H,2H3. The van der Waals surface area contributed by atoms with Gasteiger partial charge in [0.05, 0.1) is 7.11 Å². The predicted octanol–water partition coefficient (Wildman–Crippen LogP) is 1.50. The Morgan fingerprint density at radius 2 is 2.31 bits per heavy atom. The van der Waals surface area contributed by atoms with Gasteiger partial charge in [-0.2, -0.15) is 0 Å². The van der Waals surface area contributed by atoms with Crippen molar-refractivity contribution in [1.82, 2.24) is 0 Å². The van der Waals surface area contributed by atoms with Gasteiger partial charge >= 0.3 is 0 Å². The fourth-order valence-corrected chi connectivity index (χ4v) is 0.943. The van der Waals surface area contributed by atoms with Gasteiger partial charge in [-0.1, -0.05) is 12.0 Å². The zero-order valence-corrected chi connectivity index (χ0v) is 7.12. The lowest BCUT2D eigenvalue weighted by Gasteiger charge is -2.06. The Balaban J connectivity index is 3.08. The van der Waals surface area contributed by atoms with Crippen LogP contribution in [0.15, 0.2) is 18.2 Å². The van der Waals surface area contributed by atoms with Gasteiger partial charge in [0, 0.05) is 0 Å². The van der Waals surface area contributed by atoms with Crippen molar-refractivity contribution in [2.45, 2.75) is 6.10 Å². The molecular weight excluding hydrogens is 171 g/mol. The second-order valence-corrected chi connectivity index (χ2v) is 2.46. The Bertz CT molecular complexity index is 341. The van der Waals surface area contributed by atoms with Crippen molar-refractivity contribution in [2.24, 2.45) is 0 Å². The number of aliphatic hydroxyl groups is 1. The van der Waals surface area contributed by atoms with E-state index < -0.39 is 11.9 Å². The molecule has 0 heterocycles. The second-order valence-electron chi connectivity index (χ2n) is 2.46. The fourth-order valence-electron chi connectivity index (χ4n) is 0.943. The first-order valence-electron chi connectivity index (χ1n) is 3.66. The summed E-state index contributed by atoms with van der Waals surface area (Å²) >= 11 is 0. The summed E-state index contributed by atoms with van der Waals surface area (Å²) in [6.45, 7) is 0. The lowest BCUT2D eigenvalue weighted by Crippen LogP contribution is -1.96. The molecule has 0 aromatic heterocycles. The zero-order valence-electron chi connectivity index (χ0n) is 7.12. The molecule has 13 heavy (non-hydrogen) atoms. The third-order valence-electron chi connectivity index (χ3n) is 1.65. The van der Waals surface area contributed by atoms with Gasteiger partial charge in [0.25, 0.3) is 0 Å². The summed E-state index contributed by atoms with van der Waals surface area (Å²) in [5.74, 6) is 1.73. The molecular formula is C10H9FO2. The molecule has 0 amide bonds. The molecule has 1 rings (SSSR count). The Labute approximate surface area is 76.0 Å². The quantitative estimate of drug-likeness (QED) is 0.699. The molecule has 0 saturated carbocycles. The molecule has 0 bridgehead atoms. The Morgan fingerprint density at radius 3 is 2.85 bits per heavy atom. The number of methoxy groups -OCH3 is 1. The van der Waals surface area contributed by atoms with Crippen LogP contribution in [0.4, 0.5) is 4.39 Å². The fraction of sp³-hybridized carbons (Fsp3) is 0.200. The third kappa shape index (κ3) is 1.98. The summed E-state index contributed by atoms with van der Waals surface area (Å²) in [5.41, 5.74) is 0.445. The Kier molecular flexibility index (Phi) is 2.88. The lowest BCUT2D eigenvalue weighted by atomic mass is 10.1. The van der Waals surface area contributed by atoms with Gasteiger partial charge in [0.2, 0.25) is 0 Å². The molecule has 1 atom stereocenters. The van der Waals surface area contributed by atoms with Crippen molar-refractivity contribution < 1.29 is 14.2 Å². The van der Waals surface area contributed by atoms with E-state index in [1.807, 2.05) is 0 Å². The van der Waals surface area contributed by atoms with Crippen LogP contribution < -0.4 is 4.74 Å². The van der Waals surface area contributed by atoms with Crippen molar-refractivity contribution in [3.63, 3.8) is 0 Å². The van der Waals surface area contributed by atoms with E-state index in [1.54, 1.807) is 0 Å². The number of halogens is 1. The van der Waals surface area contributed by atoms with Gasteiger partial charge in [-0.25, -0.2) is 4.39 Å². The number of benzene rings is 1. The van der Waals surface area contributed by atoms with Crippen LogP contribution in [-0.4, -0.2) is 12.2 Å². The maximum absolute atomic E-state index is 12.9. The average Bonchev–Trinajstić information content (AvgIpc) is 2.17. The molecule has 2 nitrogen and oxygen atoms in total. The van der Waals surface area contributed by atoms with Crippen molar-refractivity contribution >= 4 is 0 Å². The van der Waals surface area contributed by atoms with Gasteiger partial charge in [-0.3, -0.25) is 0 Å². The molecule has 0 aliphatic carbocycles. The summed E-state index contributed by atoms with van der Waals surface area (Å²) in [6.07, 6.45) is 3.98. The van der Waals surface area contributed by atoms with Crippen LogP contribution in [0.25, 0.3) is 0 Å². The first kappa shape index (κ1) is 9.56. The summed E-state index contributed by atoms with van der Waals surface area (Å²) in [6, 6.07) is 4.00. The SMILES string of the molecule is C#CC(O)c1ccc(F)c(OC)c1. The predicted molar refractivity (Wildman–Crippen MR) is 46.7 cm³/mol. The Morgan fingerprint density at radius 1 is 1.62 bits per heavy atom. The monoisotopic (exact) mass is 180 g/mol. The van der Waals surface area contributed by atoms with Crippen LogP contribution in [0.5, 0.6) is 5.75 Å². The molecule has 0 aliphatic heterocycles.